The van der Waals surface area contributed by atoms with Crippen LogP contribution in [-0.4, -0.2) is 41.3 Å². The highest BCUT2D eigenvalue weighted by molar-refractivity contribution is 7.98. The molecule has 3 aromatic carbocycles. The number of halogens is 1. The zero-order valence-corrected chi connectivity index (χ0v) is 19.9. The van der Waals surface area contributed by atoms with Crippen molar-refractivity contribution in [3.8, 4) is 11.5 Å². The number of anilines is 2. The zero-order chi connectivity index (χ0) is 24.0. The summed E-state index contributed by atoms with van der Waals surface area (Å²) in [5, 5.41) is 2.75. The van der Waals surface area contributed by atoms with E-state index >= 15 is 0 Å². The van der Waals surface area contributed by atoms with Gasteiger partial charge in [-0.05, 0) is 54.8 Å². The maximum absolute atomic E-state index is 13.5. The van der Waals surface area contributed by atoms with Crippen molar-refractivity contribution in [2.45, 2.75) is 9.79 Å². The van der Waals surface area contributed by atoms with Crippen molar-refractivity contribution in [2.75, 3.05) is 36.6 Å². The molecule has 0 bridgehead atoms. The Balaban J connectivity index is 1.99. The Morgan fingerprint density at radius 3 is 2.30 bits per heavy atom. The minimum Gasteiger partial charge on any atom is -0.493 e. The molecule has 0 heterocycles. The van der Waals surface area contributed by atoms with Crippen LogP contribution in [0.15, 0.2) is 76.5 Å². The molecule has 3 rings (SSSR count). The molecule has 0 unspecified atom stereocenters. The van der Waals surface area contributed by atoms with Crippen LogP contribution in [0.3, 0.4) is 0 Å². The van der Waals surface area contributed by atoms with Gasteiger partial charge in [0.05, 0.1) is 30.5 Å². The monoisotopic (exact) mass is 490 g/mol. The lowest BCUT2D eigenvalue weighted by Gasteiger charge is -2.24. The fraction of sp³-hybridized carbons (Fsp3) is 0.174. The molecule has 7 nitrogen and oxygen atoms in total. The maximum atomic E-state index is 13.5. The number of rotatable bonds is 9. The number of hydrogen-bond acceptors (Lipinski definition) is 6. The van der Waals surface area contributed by atoms with E-state index in [0.29, 0.717) is 11.4 Å². The van der Waals surface area contributed by atoms with Gasteiger partial charge in [0.1, 0.15) is 12.4 Å². The normalized spacial score (nSPS) is 11.0. The van der Waals surface area contributed by atoms with Crippen molar-refractivity contribution in [3.05, 3.63) is 72.5 Å². The molecule has 0 aliphatic heterocycles. The van der Waals surface area contributed by atoms with Gasteiger partial charge in [-0.3, -0.25) is 9.10 Å². The topological polar surface area (TPSA) is 84.9 Å². The van der Waals surface area contributed by atoms with Crippen LogP contribution in [0.2, 0.25) is 0 Å². The zero-order valence-electron chi connectivity index (χ0n) is 18.2. The second kappa shape index (κ2) is 10.6. The largest absolute Gasteiger partial charge is 0.493 e. The molecule has 1 amide bonds. The molecule has 0 aromatic heterocycles. The fourth-order valence-electron chi connectivity index (χ4n) is 3.09. The summed E-state index contributed by atoms with van der Waals surface area (Å²) in [4.78, 5) is 13.6. The van der Waals surface area contributed by atoms with Gasteiger partial charge in [0.2, 0.25) is 5.91 Å². The molecule has 0 aliphatic rings. The Morgan fingerprint density at radius 1 is 1.00 bits per heavy atom. The maximum Gasteiger partial charge on any atom is 0.264 e. The van der Waals surface area contributed by atoms with Gasteiger partial charge in [-0.2, -0.15) is 0 Å². The van der Waals surface area contributed by atoms with Crippen LogP contribution in [0.1, 0.15) is 0 Å². The second-order valence-electron chi connectivity index (χ2n) is 6.75. The number of methoxy groups -OCH3 is 2. The van der Waals surface area contributed by atoms with Crippen LogP contribution >= 0.6 is 11.8 Å². The van der Waals surface area contributed by atoms with Crippen molar-refractivity contribution in [2.24, 2.45) is 0 Å². The van der Waals surface area contributed by atoms with E-state index in [4.69, 9.17) is 9.47 Å². The number of thioether (sulfide) groups is 1. The van der Waals surface area contributed by atoms with E-state index in [1.165, 1.54) is 56.3 Å². The van der Waals surface area contributed by atoms with E-state index in [-0.39, 0.29) is 16.3 Å². The smallest absolute Gasteiger partial charge is 0.264 e. The summed E-state index contributed by atoms with van der Waals surface area (Å²) in [6.07, 6.45) is 1.87. The van der Waals surface area contributed by atoms with Gasteiger partial charge in [-0.1, -0.05) is 12.1 Å². The van der Waals surface area contributed by atoms with E-state index in [0.717, 1.165) is 21.3 Å². The van der Waals surface area contributed by atoms with E-state index in [9.17, 15) is 17.6 Å². The van der Waals surface area contributed by atoms with E-state index in [1.54, 1.807) is 12.1 Å². The first kappa shape index (κ1) is 24.4. The molecule has 0 aliphatic carbocycles. The third kappa shape index (κ3) is 5.58. The third-order valence-corrected chi connectivity index (χ3v) is 7.29. The molecule has 0 saturated heterocycles. The number of benzene rings is 3. The lowest BCUT2D eigenvalue weighted by molar-refractivity contribution is -0.114. The Hall–Kier alpha value is -3.24. The second-order valence-corrected chi connectivity index (χ2v) is 9.46. The lowest BCUT2D eigenvalue weighted by Crippen LogP contribution is -2.38. The van der Waals surface area contributed by atoms with Crippen LogP contribution in [0.25, 0.3) is 0 Å². The molecule has 0 spiro atoms. The molecule has 0 saturated carbocycles. The first-order valence-corrected chi connectivity index (χ1v) is 12.4. The number of sulfonamides is 1. The highest BCUT2D eigenvalue weighted by atomic mass is 32.2. The summed E-state index contributed by atoms with van der Waals surface area (Å²) < 4.78 is 51.9. The van der Waals surface area contributed by atoms with Crippen LogP contribution in [-0.2, 0) is 14.8 Å². The average molecular weight is 491 g/mol. The quantitative estimate of drug-likeness (QED) is 0.448. The van der Waals surface area contributed by atoms with E-state index in [1.807, 2.05) is 18.4 Å². The van der Waals surface area contributed by atoms with Gasteiger partial charge < -0.3 is 14.8 Å². The minimum atomic E-state index is -4.22. The molecule has 3 aromatic rings. The third-order valence-electron chi connectivity index (χ3n) is 4.73. The lowest BCUT2D eigenvalue weighted by atomic mass is 10.3. The molecule has 1 N–H and O–H groups in total. The molecule has 174 valence electrons. The van der Waals surface area contributed by atoms with Gasteiger partial charge in [0.25, 0.3) is 10.0 Å². The number of carbonyl (C=O) groups is 1. The summed E-state index contributed by atoms with van der Waals surface area (Å²) in [6, 6.07) is 16.2. The summed E-state index contributed by atoms with van der Waals surface area (Å²) in [5.41, 5.74) is 0.706. The predicted octanol–water partition coefficient (Wildman–Crippen LogP) is 4.40. The number of para-hydroxylation sites is 1. The number of nitrogens with zero attached hydrogens (tertiary/aromatic N) is 1. The number of carbonyl (C=O) groups excluding carboxylic acids is 1. The van der Waals surface area contributed by atoms with Crippen LogP contribution in [0.4, 0.5) is 15.8 Å². The van der Waals surface area contributed by atoms with Gasteiger partial charge in [0.15, 0.2) is 11.5 Å². The van der Waals surface area contributed by atoms with Gasteiger partial charge >= 0.3 is 0 Å². The Labute approximate surface area is 196 Å². The van der Waals surface area contributed by atoms with Crippen molar-refractivity contribution < 1.29 is 27.1 Å². The van der Waals surface area contributed by atoms with Gasteiger partial charge in [-0.15, -0.1) is 11.8 Å². The highest BCUT2D eigenvalue weighted by Gasteiger charge is 2.28. The predicted molar refractivity (Wildman–Crippen MR) is 127 cm³/mol. The van der Waals surface area contributed by atoms with Gasteiger partial charge in [0, 0.05) is 11.0 Å². The van der Waals surface area contributed by atoms with E-state index in [2.05, 4.69) is 5.32 Å². The minimum absolute atomic E-state index is 0.109. The molecule has 33 heavy (non-hydrogen) atoms. The highest BCUT2D eigenvalue weighted by Crippen LogP contribution is 2.32. The molecule has 0 atom stereocenters. The fourth-order valence-corrected chi connectivity index (χ4v) is 5.09. The van der Waals surface area contributed by atoms with E-state index < -0.39 is 28.3 Å². The molecule has 10 heteroatoms. The van der Waals surface area contributed by atoms with Crippen molar-refractivity contribution in [1.82, 2.24) is 0 Å². The Bertz CT molecular complexity index is 1230. The SMILES string of the molecule is COc1ccc(S(=O)(=O)N(CC(=O)Nc2ccccc2SC)c2ccc(F)cc2)cc1OC. The number of ether oxygens (including phenoxy) is 2. The summed E-state index contributed by atoms with van der Waals surface area (Å²) >= 11 is 1.45. The van der Waals surface area contributed by atoms with Crippen LogP contribution < -0.4 is 19.1 Å². The molecular formula is C23H23FN2O5S2. The number of nitrogens with one attached hydrogen (secondary N) is 1. The van der Waals surface area contributed by atoms with Crippen molar-refractivity contribution in [1.29, 1.82) is 0 Å². The van der Waals surface area contributed by atoms with Gasteiger partial charge in [-0.25, -0.2) is 12.8 Å². The summed E-state index contributed by atoms with van der Waals surface area (Å²) in [7, 11) is -1.39. The Kier molecular flexibility index (Phi) is 7.83. The first-order chi connectivity index (χ1) is 15.8. The average Bonchev–Trinajstić information content (AvgIpc) is 2.83. The number of hydrogen-bond donors (Lipinski definition) is 1. The standard InChI is InChI=1S/C23H23FN2O5S2/c1-30-20-13-12-18(14-21(20)31-2)33(28,29)26(17-10-8-16(24)9-11-17)15-23(27)25-19-6-4-5-7-22(19)32-3/h4-14H,15H2,1-3H3,(H,25,27). The Morgan fingerprint density at radius 2 is 1.67 bits per heavy atom. The summed E-state index contributed by atoms with van der Waals surface area (Å²) in [5.74, 6) is -0.502. The van der Waals surface area contributed by atoms with Crippen molar-refractivity contribution in [3.63, 3.8) is 0 Å². The van der Waals surface area contributed by atoms with Crippen molar-refractivity contribution >= 4 is 39.1 Å². The van der Waals surface area contributed by atoms with Crippen LogP contribution in [0, 0.1) is 5.82 Å². The summed E-state index contributed by atoms with van der Waals surface area (Å²) in [6.45, 7) is -0.523. The molecular weight excluding hydrogens is 467 g/mol. The number of amides is 1. The molecule has 0 radical (unpaired) electrons. The van der Waals surface area contributed by atoms with Crippen LogP contribution in [0.5, 0.6) is 11.5 Å². The molecule has 0 fully saturated rings. The first-order valence-electron chi connectivity index (χ1n) is 9.73.